The predicted molar refractivity (Wildman–Crippen MR) is 102 cm³/mol. The molecule has 174 valence electrons. The number of hydrogen-bond acceptors (Lipinski definition) is 5. The van der Waals surface area contributed by atoms with Gasteiger partial charge in [0.1, 0.15) is 0 Å². The molecule has 0 radical (unpaired) electrons. The van der Waals surface area contributed by atoms with Crippen LogP contribution in [-0.4, -0.2) is 38.8 Å². The number of nitrogens with one attached hydrogen (secondary N) is 2. The summed E-state index contributed by atoms with van der Waals surface area (Å²) in [5.74, 6) is -4.13. The van der Waals surface area contributed by atoms with Crippen molar-refractivity contribution in [2.45, 2.75) is 80.1 Å². The summed E-state index contributed by atoms with van der Waals surface area (Å²) < 4.78 is 92.7. The van der Waals surface area contributed by atoms with E-state index in [1.165, 1.54) is 0 Å². The van der Waals surface area contributed by atoms with E-state index in [2.05, 4.69) is 7.06 Å². The average Bonchev–Trinajstić information content (AvgIpc) is 3.50. The molecule has 4 rings (SSSR count). The minimum absolute atomic E-state index is 0.127. The van der Waals surface area contributed by atoms with Crippen molar-refractivity contribution in [2.75, 3.05) is 0 Å². The first-order chi connectivity index (χ1) is 13.7. The van der Waals surface area contributed by atoms with Crippen molar-refractivity contribution >= 4 is 26.3 Å². The van der Waals surface area contributed by atoms with Crippen molar-refractivity contribution in [3.63, 3.8) is 0 Å². The molecule has 0 bridgehead atoms. The molecule has 0 aromatic rings. The van der Waals surface area contributed by atoms with Crippen LogP contribution in [0, 0.1) is 23.2 Å². The number of aliphatic hydroxyl groups is 1. The third-order valence-electron chi connectivity index (χ3n) is 7.32. The molecule has 4 unspecified atom stereocenters. The third-order valence-corrected chi connectivity index (χ3v) is 12.4. The van der Waals surface area contributed by atoms with Crippen molar-refractivity contribution in [1.82, 2.24) is 7.06 Å². The van der Waals surface area contributed by atoms with Gasteiger partial charge in [-0.25, -0.2) is 0 Å². The quantitative estimate of drug-likeness (QED) is 0.0917. The Bertz CT molecular complexity index is 708. The van der Waals surface area contributed by atoms with E-state index in [0.717, 1.165) is 0 Å². The zero-order valence-corrected chi connectivity index (χ0v) is 18.6. The Labute approximate surface area is 177 Å². The van der Waals surface area contributed by atoms with Crippen molar-refractivity contribution in [3.05, 3.63) is 0 Å². The number of carbonyl (C=O) groups excluding carboxylic acids is 1. The van der Waals surface area contributed by atoms with E-state index in [4.69, 9.17) is 4.74 Å². The summed E-state index contributed by atoms with van der Waals surface area (Å²) in [6.07, 6.45) is -11.4. The Hall–Kier alpha value is -0.340. The third kappa shape index (κ3) is 3.18. The van der Waals surface area contributed by atoms with E-state index >= 15 is 0 Å². The summed E-state index contributed by atoms with van der Waals surface area (Å²) in [5.41, 5.74) is -5.61. The van der Waals surface area contributed by atoms with Crippen molar-refractivity contribution in [2.24, 2.45) is 23.2 Å². The number of halogens is 7. The topological polar surface area (TPSA) is 90.4 Å². The van der Waals surface area contributed by atoms with Crippen LogP contribution >= 0.6 is 20.4 Å². The maximum absolute atomic E-state index is 13.5. The number of esters is 1. The molecule has 4 fully saturated rings. The maximum atomic E-state index is 13.5. The monoisotopic (exact) mass is 558 g/mol. The van der Waals surface area contributed by atoms with E-state index in [9.17, 15) is 36.2 Å². The van der Waals surface area contributed by atoms with Crippen LogP contribution in [0.5, 0.6) is 0 Å². The molecule has 3 N–H and O–H groups in total. The number of rotatable bonds is 4. The van der Waals surface area contributed by atoms with E-state index in [0.29, 0.717) is 19.3 Å². The normalized spacial score (nSPS) is 34.6. The SMILES string of the molecule is CC(C)(C(=O)OC1CCC(C(O)(C(F)(F)F)C(F)(F)F)C2CCCCC12)C12NI1N2. The molecule has 0 aromatic carbocycles. The molecule has 2 heterocycles. The van der Waals surface area contributed by atoms with Gasteiger partial charge in [0.25, 0.3) is 0 Å². The van der Waals surface area contributed by atoms with Gasteiger partial charge in [0.2, 0.25) is 0 Å². The molecule has 2 aliphatic carbocycles. The Kier molecular flexibility index (Phi) is 5.20. The molecule has 0 spiro atoms. The van der Waals surface area contributed by atoms with Crippen LogP contribution in [0.3, 0.4) is 0 Å². The fourth-order valence-corrected chi connectivity index (χ4v) is 10.9. The Balaban J connectivity index is 1.56. The summed E-state index contributed by atoms with van der Waals surface area (Å²) in [5, 5.41) is 10.00. The summed E-state index contributed by atoms with van der Waals surface area (Å²) in [6, 6.07) is 0. The number of hydrogen-bond donors (Lipinski definition) is 3. The zero-order valence-electron chi connectivity index (χ0n) is 16.5. The number of carbonyl (C=O) groups is 1. The van der Waals surface area contributed by atoms with Gasteiger partial charge in [0, 0.05) is 0 Å². The average molecular weight is 558 g/mol. The first kappa shape index (κ1) is 22.8. The fourth-order valence-electron chi connectivity index (χ4n) is 5.29. The number of fused-ring (bicyclic) bond motifs is 2. The zero-order chi connectivity index (χ0) is 22.3. The van der Waals surface area contributed by atoms with Gasteiger partial charge < -0.3 is 0 Å². The van der Waals surface area contributed by atoms with Crippen molar-refractivity contribution in [1.29, 1.82) is 0 Å². The predicted octanol–water partition coefficient (Wildman–Crippen LogP) is 4.19. The number of alkyl halides is 7. The Morgan fingerprint density at radius 3 is 1.93 bits per heavy atom. The second-order valence-corrected chi connectivity index (χ2v) is 13.6. The van der Waals surface area contributed by atoms with Gasteiger partial charge in [0.05, 0.1) is 0 Å². The Morgan fingerprint density at radius 2 is 1.47 bits per heavy atom. The molecular weight excluding hydrogens is 533 g/mol. The van der Waals surface area contributed by atoms with Gasteiger partial charge in [0.15, 0.2) is 0 Å². The van der Waals surface area contributed by atoms with Gasteiger partial charge in [-0.15, -0.1) is 0 Å². The van der Waals surface area contributed by atoms with Crippen LogP contribution in [0.15, 0.2) is 0 Å². The van der Waals surface area contributed by atoms with E-state index in [-0.39, 0.29) is 16.5 Å². The van der Waals surface area contributed by atoms with Crippen LogP contribution < -0.4 is 7.06 Å². The van der Waals surface area contributed by atoms with Gasteiger partial charge >= 0.3 is 178 Å². The Morgan fingerprint density at radius 1 is 0.967 bits per heavy atom. The molecule has 4 atom stereocenters. The molecule has 12 heteroatoms. The van der Waals surface area contributed by atoms with E-state index in [1.54, 1.807) is 13.8 Å². The number of ether oxygens (including phenoxy) is 1. The van der Waals surface area contributed by atoms with Gasteiger partial charge in [-0.05, 0) is 0 Å². The first-order valence-electron chi connectivity index (χ1n) is 9.99. The molecular formula is C18H25F6IN2O3. The van der Waals surface area contributed by atoms with Crippen molar-refractivity contribution in [3.8, 4) is 0 Å². The molecule has 0 amide bonds. The van der Waals surface area contributed by atoms with Crippen LogP contribution in [0.2, 0.25) is 0 Å². The second kappa shape index (κ2) is 6.83. The standard InChI is InChI=1S/C18H25F6IN2O3/c1-14(2,18-25(26-18)27-18)13(28)30-12-8-7-11(9-5-3-4-6-10(9)12)15(29,16(19,20)21)17(22,23)24/h9-12,26-27,29H,3-8H2,1-2H3. The summed E-state index contributed by atoms with van der Waals surface area (Å²) in [7, 11) is 0. The van der Waals surface area contributed by atoms with Gasteiger partial charge in [-0.2, -0.15) is 0 Å². The first-order valence-corrected chi connectivity index (χ1v) is 13.2. The molecule has 2 saturated heterocycles. The summed E-state index contributed by atoms with van der Waals surface area (Å²) >= 11 is -1.45. The van der Waals surface area contributed by atoms with Gasteiger partial charge in [-0.3, -0.25) is 0 Å². The van der Waals surface area contributed by atoms with Crippen LogP contribution in [0.1, 0.15) is 52.4 Å². The second-order valence-electron chi connectivity index (χ2n) is 9.26. The van der Waals surface area contributed by atoms with Gasteiger partial charge in [-0.1, -0.05) is 0 Å². The van der Waals surface area contributed by atoms with Crippen LogP contribution in [0.25, 0.3) is 0 Å². The molecule has 30 heavy (non-hydrogen) atoms. The molecule has 0 aromatic heterocycles. The summed E-state index contributed by atoms with van der Waals surface area (Å²) in [4.78, 5) is 12.8. The fraction of sp³-hybridized carbons (Fsp3) is 0.944. The molecule has 2 aliphatic heterocycles. The van der Waals surface area contributed by atoms with Crippen molar-refractivity contribution < 1.29 is 41.0 Å². The van der Waals surface area contributed by atoms with E-state index < -0.39 is 80.0 Å². The molecule has 4 aliphatic rings. The molecule has 2 saturated carbocycles. The summed E-state index contributed by atoms with van der Waals surface area (Å²) in [6.45, 7) is 3.46. The van der Waals surface area contributed by atoms with E-state index in [1.807, 2.05) is 0 Å². The van der Waals surface area contributed by atoms with Crippen LogP contribution in [-0.2, 0) is 9.53 Å². The molecule has 5 nitrogen and oxygen atoms in total. The van der Waals surface area contributed by atoms with Crippen LogP contribution in [0.4, 0.5) is 26.3 Å². The minimum atomic E-state index is -5.84.